The minimum atomic E-state index is -0.947. The summed E-state index contributed by atoms with van der Waals surface area (Å²) in [6, 6.07) is 2.49. The second-order valence-electron chi connectivity index (χ2n) is 6.65. The lowest BCUT2D eigenvalue weighted by Gasteiger charge is -2.40. The zero-order valence-corrected chi connectivity index (χ0v) is 17.0. The molecule has 31 heavy (non-hydrogen) atoms. The van der Waals surface area contributed by atoms with Crippen LogP contribution in [0.4, 0.5) is 15.3 Å². The molecule has 166 valence electrons. The van der Waals surface area contributed by atoms with E-state index in [4.69, 9.17) is 28.4 Å². The zero-order valence-electron chi connectivity index (χ0n) is 17.0. The Kier molecular flexibility index (Phi) is 7.01. The first-order valence-electron chi connectivity index (χ1n) is 9.51. The third kappa shape index (κ3) is 5.08. The molecule has 0 radical (unpaired) electrons. The SMILES string of the molecule is C=CCOC(=O)OC[C@@H]1[C@@H](OC(C)=O)Cc2cc3c(cc2N1C(=O)OCC=C)OCO3. The van der Waals surface area contributed by atoms with Crippen LogP contribution in [0, 0.1) is 0 Å². The van der Waals surface area contributed by atoms with Crippen LogP contribution in [0.15, 0.2) is 37.4 Å². The van der Waals surface area contributed by atoms with Gasteiger partial charge in [0, 0.05) is 19.4 Å². The first-order chi connectivity index (χ1) is 14.9. The van der Waals surface area contributed by atoms with Crippen molar-refractivity contribution < 1.29 is 42.8 Å². The number of hydrogen-bond donors (Lipinski definition) is 0. The van der Waals surface area contributed by atoms with Crippen LogP contribution in [0.3, 0.4) is 0 Å². The Morgan fingerprint density at radius 2 is 1.77 bits per heavy atom. The fraction of sp³-hybridized carbons (Fsp3) is 0.381. The van der Waals surface area contributed by atoms with Gasteiger partial charge in [0.2, 0.25) is 6.79 Å². The third-order valence-electron chi connectivity index (χ3n) is 4.54. The second kappa shape index (κ2) is 9.88. The van der Waals surface area contributed by atoms with Gasteiger partial charge in [-0.1, -0.05) is 25.3 Å². The van der Waals surface area contributed by atoms with E-state index >= 15 is 0 Å². The Morgan fingerprint density at radius 3 is 2.45 bits per heavy atom. The summed E-state index contributed by atoms with van der Waals surface area (Å²) in [4.78, 5) is 37.8. The maximum Gasteiger partial charge on any atom is 0.508 e. The van der Waals surface area contributed by atoms with Crippen molar-refractivity contribution in [3.8, 4) is 11.5 Å². The van der Waals surface area contributed by atoms with E-state index in [0.717, 1.165) is 0 Å². The van der Waals surface area contributed by atoms with Crippen LogP contribution in [-0.4, -0.2) is 57.0 Å². The molecule has 3 rings (SSSR count). The third-order valence-corrected chi connectivity index (χ3v) is 4.54. The maximum absolute atomic E-state index is 12.9. The predicted octanol–water partition coefficient (Wildman–Crippen LogP) is 2.74. The largest absolute Gasteiger partial charge is 0.508 e. The molecule has 0 spiro atoms. The first-order valence-corrected chi connectivity index (χ1v) is 9.51. The average Bonchev–Trinajstić information content (AvgIpc) is 3.19. The molecule has 0 N–H and O–H groups in total. The van der Waals surface area contributed by atoms with E-state index in [-0.39, 0.29) is 33.0 Å². The standard InChI is InChI=1S/C21H23NO9/c1-4-6-26-20(24)22-15-10-19-18(29-12-30-19)9-14(15)8-17(31-13(3)23)16(22)11-28-21(25)27-7-5-2/h4-5,9-10,16-17H,1-2,6-8,11-12H2,3H3/t16-,17+/m1/s1. The summed E-state index contributed by atoms with van der Waals surface area (Å²) in [6.45, 7) is 7.92. The van der Waals surface area contributed by atoms with Gasteiger partial charge in [-0.15, -0.1) is 0 Å². The normalized spacial score (nSPS) is 18.4. The minimum Gasteiger partial charge on any atom is -0.460 e. The quantitative estimate of drug-likeness (QED) is 0.364. The molecule has 10 nitrogen and oxygen atoms in total. The van der Waals surface area contributed by atoms with Gasteiger partial charge in [-0.3, -0.25) is 9.69 Å². The molecule has 2 aliphatic rings. The van der Waals surface area contributed by atoms with Crippen molar-refractivity contribution in [1.82, 2.24) is 0 Å². The summed E-state index contributed by atoms with van der Waals surface area (Å²) in [5, 5.41) is 0. The Bertz CT molecular complexity index is 882. The molecule has 0 unspecified atom stereocenters. The van der Waals surface area contributed by atoms with Gasteiger partial charge < -0.3 is 28.4 Å². The van der Waals surface area contributed by atoms with Crippen molar-refractivity contribution in [2.45, 2.75) is 25.5 Å². The van der Waals surface area contributed by atoms with Gasteiger partial charge in [-0.05, 0) is 11.6 Å². The topological polar surface area (TPSA) is 110 Å². The Balaban J connectivity index is 1.96. The number of hydrogen-bond acceptors (Lipinski definition) is 9. The van der Waals surface area contributed by atoms with Crippen molar-refractivity contribution in [2.24, 2.45) is 0 Å². The molecule has 1 aromatic carbocycles. The Labute approximate surface area is 178 Å². The van der Waals surface area contributed by atoms with E-state index in [1.165, 1.54) is 24.0 Å². The highest BCUT2D eigenvalue weighted by atomic mass is 16.7. The number of nitrogens with zero attached hydrogens (tertiary/aromatic N) is 1. The molecule has 2 atom stereocenters. The highest BCUT2D eigenvalue weighted by Gasteiger charge is 2.42. The number of esters is 1. The summed E-state index contributed by atoms with van der Waals surface area (Å²) in [5.74, 6) is 0.423. The van der Waals surface area contributed by atoms with Crippen LogP contribution in [0.5, 0.6) is 11.5 Å². The highest BCUT2D eigenvalue weighted by Crippen LogP contribution is 2.42. The number of fused-ring (bicyclic) bond motifs is 2. The minimum absolute atomic E-state index is 0.0335. The van der Waals surface area contributed by atoms with Crippen LogP contribution in [0.2, 0.25) is 0 Å². The number of carbonyl (C=O) groups is 3. The second-order valence-corrected chi connectivity index (χ2v) is 6.65. The van der Waals surface area contributed by atoms with E-state index in [2.05, 4.69) is 13.2 Å². The lowest BCUT2D eigenvalue weighted by molar-refractivity contribution is -0.148. The zero-order chi connectivity index (χ0) is 22.4. The molecular formula is C21H23NO9. The molecular weight excluding hydrogens is 410 g/mol. The number of carbonyl (C=O) groups excluding carboxylic acids is 3. The Morgan fingerprint density at radius 1 is 1.10 bits per heavy atom. The number of anilines is 1. The molecule has 0 aromatic heterocycles. The summed E-state index contributed by atoms with van der Waals surface area (Å²) < 4.78 is 31.5. The van der Waals surface area contributed by atoms with Crippen LogP contribution in [0.1, 0.15) is 12.5 Å². The molecule has 2 aliphatic heterocycles. The van der Waals surface area contributed by atoms with Crippen LogP contribution in [0.25, 0.3) is 0 Å². The molecule has 1 amide bonds. The van der Waals surface area contributed by atoms with Crippen molar-refractivity contribution in [1.29, 1.82) is 0 Å². The van der Waals surface area contributed by atoms with Gasteiger partial charge in [0.25, 0.3) is 0 Å². The number of amides is 1. The van der Waals surface area contributed by atoms with Gasteiger partial charge in [0.15, 0.2) is 11.5 Å². The van der Waals surface area contributed by atoms with Crippen molar-refractivity contribution in [2.75, 3.05) is 31.5 Å². The van der Waals surface area contributed by atoms with E-state index in [1.54, 1.807) is 12.1 Å². The van der Waals surface area contributed by atoms with Crippen LogP contribution < -0.4 is 14.4 Å². The average molecular weight is 433 g/mol. The smallest absolute Gasteiger partial charge is 0.460 e. The van der Waals surface area contributed by atoms with Crippen LogP contribution in [-0.2, 0) is 30.2 Å². The van der Waals surface area contributed by atoms with Crippen molar-refractivity contribution in [3.05, 3.63) is 43.0 Å². The molecule has 0 saturated heterocycles. The lowest BCUT2D eigenvalue weighted by atomic mass is 9.93. The molecule has 10 heteroatoms. The molecule has 0 fully saturated rings. The number of benzene rings is 1. The molecule has 0 bridgehead atoms. The van der Waals surface area contributed by atoms with Gasteiger partial charge in [-0.2, -0.15) is 0 Å². The van der Waals surface area contributed by atoms with Crippen LogP contribution >= 0.6 is 0 Å². The predicted molar refractivity (Wildman–Crippen MR) is 107 cm³/mol. The molecule has 0 aliphatic carbocycles. The van der Waals surface area contributed by atoms with E-state index in [0.29, 0.717) is 22.7 Å². The fourth-order valence-electron chi connectivity index (χ4n) is 3.33. The van der Waals surface area contributed by atoms with Gasteiger partial charge >= 0.3 is 18.2 Å². The maximum atomic E-state index is 12.9. The molecule has 2 heterocycles. The van der Waals surface area contributed by atoms with E-state index < -0.39 is 30.4 Å². The molecule has 0 saturated carbocycles. The first kappa shape index (κ1) is 22.0. The van der Waals surface area contributed by atoms with Crippen molar-refractivity contribution >= 4 is 23.9 Å². The monoisotopic (exact) mass is 433 g/mol. The summed E-state index contributed by atoms with van der Waals surface area (Å²) in [5.41, 5.74) is 1.14. The van der Waals surface area contributed by atoms with Gasteiger partial charge in [0.1, 0.15) is 32.0 Å². The molecule has 1 aromatic rings. The lowest BCUT2D eigenvalue weighted by Crippen LogP contribution is -2.55. The fourth-order valence-corrected chi connectivity index (χ4v) is 3.33. The Hall–Kier alpha value is -3.69. The highest BCUT2D eigenvalue weighted by molar-refractivity contribution is 5.91. The van der Waals surface area contributed by atoms with E-state index in [1.807, 2.05) is 0 Å². The summed E-state index contributed by atoms with van der Waals surface area (Å²) in [7, 11) is 0. The van der Waals surface area contributed by atoms with Gasteiger partial charge in [-0.25, -0.2) is 9.59 Å². The number of rotatable bonds is 7. The van der Waals surface area contributed by atoms with Crippen molar-refractivity contribution in [3.63, 3.8) is 0 Å². The number of ether oxygens (including phenoxy) is 6. The summed E-state index contributed by atoms with van der Waals surface area (Å²) >= 11 is 0. The van der Waals surface area contributed by atoms with E-state index in [9.17, 15) is 14.4 Å². The summed E-state index contributed by atoms with van der Waals surface area (Å²) in [6.07, 6.45) is 0.578. The van der Waals surface area contributed by atoms with Gasteiger partial charge in [0.05, 0.1) is 5.69 Å².